The van der Waals surface area contributed by atoms with Gasteiger partial charge in [0.15, 0.2) is 0 Å². The molecule has 1 aliphatic rings. The molecule has 0 aromatic heterocycles. The SMILES string of the molecule is Cc1cccc(C(=O)Nc2ccccc2C(=O)NC2CCNC(C)C2)c1.Cl. The molecule has 0 saturated carbocycles. The molecule has 27 heavy (non-hydrogen) atoms. The first-order valence-electron chi connectivity index (χ1n) is 9.04. The molecule has 1 aliphatic heterocycles. The van der Waals surface area contributed by atoms with Crippen molar-refractivity contribution in [2.24, 2.45) is 0 Å². The van der Waals surface area contributed by atoms with E-state index in [1.807, 2.05) is 37.3 Å². The third-order valence-corrected chi connectivity index (χ3v) is 4.66. The maximum Gasteiger partial charge on any atom is 0.255 e. The predicted molar refractivity (Wildman–Crippen MR) is 111 cm³/mol. The Kier molecular flexibility index (Phi) is 7.39. The number of benzene rings is 2. The Labute approximate surface area is 166 Å². The summed E-state index contributed by atoms with van der Waals surface area (Å²) in [4.78, 5) is 25.3. The minimum Gasteiger partial charge on any atom is -0.349 e. The zero-order chi connectivity index (χ0) is 18.5. The lowest BCUT2D eigenvalue weighted by atomic mass is 10.00. The third-order valence-electron chi connectivity index (χ3n) is 4.66. The van der Waals surface area contributed by atoms with Crippen molar-refractivity contribution in [2.45, 2.75) is 38.8 Å². The van der Waals surface area contributed by atoms with Crippen molar-refractivity contribution in [1.82, 2.24) is 10.6 Å². The summed E-state index contributed by atoms with van der Waals surface area (Å²) in [7, 11) is 0. The smallest absolute Gasteiger partial charge is 0.255 e. The zero-order valence-electron chi connectivity index (χ0n) is 15.6. The predicted octanol–water partition coefficient (Wildman–Crippen LogP) is 3.54. The molecule has 0 bridgehead atoms. The van der Waals surface area contributed by atoms with E-state index in [4.69, 9.17) is 0 Å². The number of hydrogen-bond donors (Lipinski definition) is 3. The number of carbonyl (C=O) groups excluding carboxylic acids is 2. The second-order valence-electron chi connectivity index (χ2n) is 6.92. The summed E-state index contributed by atoms with van der Waals surface area (Å²) in [6, 6.07) is 15.1. The number of amides is 2. The maximum atomic E-state index is 12.7. The summed E-state index contributed by atoms with van der Waals surface area (Å²) in [5.41, 5.74) is 2.61. The van der Waals surface area contributed by atoms with Crippen LogP contribution in [0.3, 0.4) is 0 Å². The number of rotatable bonds is 4. The van der Waals surface area contributed by atoms with Gasteiger partial charge in [-0.2, -0.15) is 0 Å². The molecule has 0 aliphatic carbocycles. The van der Waals surface area contributed by atoms with Gasteiger partial charge < -0.3 is 16.0 Å². The molecule has 2 aromatic rings. The minimum atomic E-state index is -0.218. The molecule has 1 heterocycles. The Hall–Kier alpha value is -2.37. The lowest BCUT2D eigenvalue weighted by molar-refractivity contribution is 0.0926. The average Bonchev–Trinajstić information content (AvgIpc) is 2.62. The number of aryl methyl sites for hydroxylation is 1. The molecular weight excluding hydrogens is 362 g/mol. The second kappa shape index (κ2) is 9.53. The van der Waals surface area contributed by atoms with Crippen molar-refractivity contribution >= 4 is 29.9 Å². The van der Waals surface area contributed by atoms with Crippen molar-refractivity contribution < 1.29 is 9.59 Å². The Morgan fingerprint density at radius 1 is 1.07 bits per heavy atom. The second-order valence-corrected chi connectivity index (χ2v) is 6.92. The molecule has 2 amide bonds. The Bertz CT molecular complexity index is 810. The van der Waals surface area contributed by atoms with Crippen molar-refractivity contribution in [3.8, 4) is 0 Å². The number of halogens is 1. The number of hydrogen-bond acceptors (Lipinski definition) is 3. The minimum absolute atomic E-state index is 0. The highest BCUT2D eigenvalue weighted by Crippen LogP contribution is 2.18. The van der Waals surface area contributed by atoms with E-state index in [1.54, 1.807) is 18.2 Å². The molecule has 5 nitrogen and oxygen atoms in total. The van der Waals surface area contributed by atoms with Crippen LogP contribution in [0, 0.1) is 6.92 Å². The van der Waals surface area contributed by atoms with E-state index < -0.39 is 0 Å². The van der Waals surface area contributed by atoms with Crippen molar-refractivity contribution in [1.29, 1.82) is 0 Å². The van der Waals surface area contributed by atoms with Crippen LogP contribution in [0.5, 0.6) is 0 Å². The lowest BCUT2D eigenvalue weighted by Gasteiger charge is -2.28. The van der Waals surface area contributed by atoms with E-state index in [1.165, 1.54) is 0 Å². The van der Waals surface area contributed by atoms with Gasteiger partial charge in [0.1, 0.15) is 0 Å². The van der Waals surface area contributed by atoms with E-state index in [9.17, 15) is 9.59 Å². The van der Waals surface area contributed by atoms with Gasteiger partial charge in [-0.25, -0.2) is 0 Å². The van der Waals surface area contributed by atoms with E-state index >= 15 is 0 Å². The standard InChI is InChI=1S/C21H25N3O2.ClH/c1-14-6-5-7-16(12-14)20(25)24-19-9-4-3-8-18(19)21(26)23-17-10-11-22-15(2)13-17;/h3-9,12,15,17,22H,10-11,13H2,1-2H3,(H,23,26)(H,24,25);1H. The molecule has 144 valence electrons. The molecule has 2 unspecified atom stereocenters. The van der Waals surface area contributed by atoms with Crippen LogP contribution in [-0.4, -0.2) is 30.4 Å². The fourth-order valence-corrected chi connectivity index (χ4v) is 3.30. The topological polar surface area (TPSA) is 70.2 Å². The summed E-state index contributed by atoms with van der Waals surface area (Å²) >= 11 is 0. The molecule has 2 aromatic carbocycles. The molecule has 3 rings (SSSR count). The van der Waals surface area contributed by atoms with Gasteiger partial charge in [0.2, 0.25) is 0 Å². The fraction of sp³-hybridized carbons (Fsp3) is 0.333. The quantitative estimate of drug-likeness (QED) is 0.751. The van der Waals surface area contributed by atoms with Gasteiger partial charge in [-0.3, -0.25) is 9.59 Å². The van der Waals surface area contributed by atoms with Gasteiger partial charge in [0.05, 0.1) is 11.3 Å². The Morgan fingerprint density at radius 2 is 1.85 bits per heavy atom. The van der Waals surface area contributed by atoms with Crippen molar-refractivity contribution in [3.05, 3.63) is 65.2 Å². The Balaban J connectivity index is 0.00000261. The van der Waals surface area contributed by atoms with Gasteiger partial charge in [0, 0.05) is 17.6 Å². The van der Waals surface area contributed by atoms with Gasteiger partial charge >= 0.3 is 0 Å². The van der Waals surface area contributed by atoms with Crippen LogP contribution in [-0.2, 0) is 0 Å². The largest absolute Gasteiger partial charge is 0.349 e. The first-order valence-corrected chi connectivity index (χ1v) is 9.04. The van der Waals surface area contributed by atoms with Crippen LogP contribution in [0.15, 0.2) is 48.5 Å². The third kappa shape index (κ3) is 5.55. The number of para-hydroxylation sites is 1. The van der Waals surface area contributed by atoms with Crippen LogP contribution in [0.2, 0.25) is 0 Å². The molecule has 0 spiro atoms. The van der Waals surface area contributed by atoms with Gasteiger partial charge in [-0.1, -0.05) is 29.8 Å². The first kappa shape index (κ1) is 20.9. The zero-order valence-corrected chi connectivity index (χ0v) is 16.4. The molecule has 1 fully saturated rings. The van der Waals surface area contributed by atoms with E-state index in [2.05, 4.69) is 22.9 Å². The van der Waals surface area contributed by atoms with E-state index in [0.29, 0.717) is 22.9 Å². The van der Waals surface area contributed by atoms with Gasteiger partial charge in [-0.15, -0.1) is 12.4 Å². The highest BCUT2D eigenvalue weighted by molar-refractivity contribution is 6.09. The lowest BCUT2D eigenvalue weighted by Crippen LogP contribution is -2.46. The summed E-state index contributed by atoms with van der Waals surface area (Å²) in [6.07, 6.45) is 1.82. The average molecular weight is 388 g/mol. The molecular formula is C21H26ClN3O2. The number of nitrogens with one attached hydrogen (secondary N) is 3. The van der Waals surface area contributed by atoms with Crippen LogP contribution in [0.1, 0.15) is 46.0 Å². The maximum absolute atomic E-state index is 12.7. The van der Waals surface area contributed by atoms with Crippen LogP contribution in [0.25, 0.3) is 0 Å². The normalized spacial score (nSPS) is 18.9. The monoisotopic (exact) mass is 387 g/mol. The Morgan fingerprint density at radius 3 is 2.59 bits per heavy atom. The number of carbonyl (C=O) groups is 2. The number of piperidine rings is 1. The van der Waals surface area contributed by atoms with E-state index in [0.717, 1.165) is 24.9 Å². The van der Waals surface area contributed by atoms with Gasteiger partial charge in [0.25, 0.3) is 11.8 Å². The molecule has 3 N–H and O–H groups in total. The van der Waals surface area contributed by atoms with Gasteiger partial charge in [-0.05, 0) is 57.5 Å². The molecule has 2 atom stereocenters. The highest BCUT2D eigenvalue weighted by Gasteiger charge is 2.22. The van der Waals surface area contributed by atoms with Crippen LogP contribution in [0.4, 0.5) is 5.69 Å². The summed E-state index contributed by atoms with van der Waals surface area (Å²) in [5.74, 6) is -0.367. The first-order chi connectivity index (χ1) is 12.5. The van der Waals surface area contributed by atoms with E-state index in [-0.39, 0.29) is 30.3 Å². The fourth-order valence-electron chi connectivity index (χ4n) is 3.30. The summed E-state index contributed by atoms with van der Waals surface area (Å²) in [5, 5.41) is 9.34. The molecule has 0 radical (unpaired) electrons. The summed E-state index contributed by atoms with van der Waals surface area (Å²) < 4.78 is 0. The van der Waals surface area contributed by atoms with Crippen molar-refractivity contribution in [3.63, 3.8) is 0 Å². The molecule has 6 heteroatoms. The van der Waals surface area contributed by atoms with Crippen molar-refractivity contribution in [2.75, 3.05) is 11.9 Å². The molecule has 1 saturated heterocycles. The number of anilines is 1. The summed E-state index contributed by atoms with van der Waals surface area (Å²) in [6.45, 7) is 4.96. The van der Waals surface area contributed by atoms with Crippen LogP contribution < -0.4 is 16.0 Å². The van der Waals surface area contributed by atoms with Crippen LogP contribution >= 0.6 is 12.4 Å². The highest BCUT2D eigenvalue weighted by atomic mass is 35.5.